The lowest BCUT2D eigenvalue weighted by atomic mass is 10.1. The van der Waals surface area contributed by atoms with E-state index in [1.54, 1.807) is 6.07 Å². The zero-order valence-electron chi connectivity index (χ0n) is 9.33. The van der Waals surface area contributed by atoms with E-state index in [2.05, 4.69) is 6.07 Å². The molecule has 2 rings (SSSR count). The van der Waals surface area contributed by atoms with Gasteiger partial charge in [0.2, 0.25) is 10.0 Å². The van der Waals surface area contributed by atoms with Crippen molar-refractivity contribution in [2.24, 2.45) is 5.14 Å². The zero-order chi connectivity index (χ0) is 13.2. The van der Waals surface area contributed by atoms with E-state index in [4.69, 9.17) is 10.4 Å². The van der Waals surface area contributed by atoms with Gasteiger partial charge in [0.15, 0.2) is 0 Å². The molecular weight excluding hydrogens is 268 g/mol. The Labute approximate surface area is 109 Å². The highest BCUT2D eigenvalue weighted by Gasteiger charge is 2.11. The fourth-order valence-corrected chi connectivity index (χ4v) is 3.24. The van der Waals surface area contributed by atoms with Gasteiger partial charge in [0.05, 0.1) is 12.5 Å². The molecule has 6 heteroatoms. The number of nitrogens with two attached hydrogens (primary N) is 1. The molecule has 92 valence electrons. The minimum Gasteiger partial charge on any atom is -0.224 e. The predicted molar refractivity (Wildman–Crippen MR) is 70.4 cm³/mol. The van der Waals surface area contributed by atoms with Crippen LogP contribution in [0, 0.1) is 11.3 Å². The first-order valence-corrected chi connectivity index (χ1v) is 7.46. The van der Waals surface area contributed by atoms with Gasteiger partial charge in [-0.25, -0.2) is 13.6 Å². The van der Waals surface area contributed by atoms with Gasteiger partial charge in [-0.15, -0.1) is 11.3 Å². The van der Waals surface area contributed by atoms with Gasteiger partial charge in [0.25, 0.3) is 0 Å². The molecule has 0 spiro atoms. The Bertz CT molecular complexity index is 694. The minimum absolute atomic E-state index is 0.151. The summed E-state index contributed by atoms with van der Waals surface area (Å²) in [5.41, 5.74) is 1.85. The summed E-state index contributed by atoms with van der Waals surface area (Å²) in [5.74, 6) is 0. The van der Waals surface area contributed by atoms with Crippen molar-refractivity contribution in [3.8, 4) is 16.5 Å². The van der Waals surface area contributed by atoms with Crippen molar-refractivity contribution in [3.63, 3.8) is 0 Å². The van der Waals surface area contributed by atoms with Crippen LogP contribution in [0.15, 0.2) is 40.6 Å². The third-order valence-electron chi connectivity index (χ3n) is 2.38. The van der Waals surface area contributed by atoms with E-state index in [9.17, 15) is 8.42 Å². The lowest BCUT2D eigenvalue weighted by molar-refractivity contribution is 0.600. The third kappa shape index (κ3) is 2.76. The number of hydrogen-bond acceptors (Lipinski definition) is 4. The van der Waals surface area contributed by atoms with Crippen molar-refractivity contribution in [2.75, 3.05) is 0 Å². The molecule has 0 bridgehead atoms. The molecule has 0 atom stereocenters. The van der Waals surface area contributed by atoms with E-state index in [1.807, 2.05) is 24.3 Å². The summed E-state index contributed by atoms with van der Waals surface area (Å²) in [4.78, 5) is 0.836. The second kappa shape index (κ2) is 4.90. The predicted octanol–water partition coefficient (Wildman–Crippen LogP) is 2.13. The standard InChI is InChI=1S/C12H10N2O2S2/c13-8-7-9-1-3-10(4-2-9)11-5-6-12(17-11)18(14,15)16/h1-6H,7H2,(H2,14,15,16). The van der Waals surface area contributed by atoms with Gasteiger partial charge < -0.3 is 0 Å². The van der Waals surface area contributed by atoms with Crippen molar-refractivity contribution in [3.05, 3.63) is 42.0 Å². The molecule has 0 aliphatic carbocycles. The number of nitrogens with zero attached hydrogens (tertiary/aromatic N) is 1. The second-order valence-corrected chi connectivity index (χ2v) is 6.57. The summed E-state index contributed by atoms with van der Waals surface area (Å²) >= 11 is 1.13. The molecule has 1 aromatic carbocycles. The zero-order valence-corrected chi connectivity index (χ0v) is 11.0. The molecule has 0 amide bonds. The number of primary sulfonamides is 1. The highest BCUT2D eigenvalue weighted by molar-refractivity contribution is 7.91. The molecule has 2 N–H and O–H groups in total. The molecule has 2 aromatic rings. The number of rotatable bonds is 3. The molecule has 1 aromatic heterocycles. The molecule has 1 heterocycles. The van der Waals surface area contributed by atoms with Gasteiger partial charge in [-0.2, -0.15) is 5.26 Å². The van der Waals surface area contributed by atoms with E-state index in [0.29, 0.717) is 6.42 Å². The number of sulfonamides is 1. The average molecular weight is 278 g/mol. The van der Waals surface area contributed by atoms with Crippen molar-refractivity contribution >= 4 is 21.4 Å². The van der Waals surface area contributed by atoms with Gasteiger partial charge in [-0.1, -0.05) is 24.3 Å². The van der Waals surface area contributed by atoms with Crippen LogP contribution >= 0.6 is 11.3 Å². The topological polar surface area (TPSA) is 83.9 Å². The van der Waals surface area contributed by atoms with Gasteiger partial charge in [0, 0.05) is 4.88 Å². The van der Waals surface area contributed by atoms with E-state index < -0.39 is 10.0 Å². The fourth-order valence-electron chi connectivity index (χ4n) is 1.51. The van der Waals surface area contributed by atoms with Crippen LogP contribution in [0.2, 0.25) is 0 Å². The van der Waals surface area contributed by atoms with Crippen LogP contribution in [0.1, 0.15) is 5.56 Å². The lowest BCUT2D eigenvalue weighted by Gasteiger charge is -1.98. The first-order valence-electron chi connectivity index (χ1n) is 5.09. The molecule has 0 saturated heterocycles. The van der Waals surface area contributed by atoms with Crippen molar-refractivity contribution in [1.29, 1.82) is 5.26 Å². The SMILES string of the molecule is N#CCc1ccc(-c2ccc(S(N)(=O)=O)s2)cc1. The Balaban J connectivity index is 2.32. The first-order chi connectivity index (χ1) is 8.50. The van der Waals surface area contributed by atoms with Crippen LogP contribution in [0.3, 0.4) is 0 Å². The van der Waals surface area contributed by atoms with Crippen molar-refractivity contribution in [1.82, 2.24) is 0 Å². The average Bonchev–Trinajstić information content (AvgIpc) is 2.79. The van der Waals surface area contributed by atoms with Crippen LogP contribution < -0.4 is 5.14 Å². The highest BCUT2D eigenvalue weighted by Crippen LogP contribution is 2.30. The summed E-state index contributed by atoms with van der Waals surface area (Å²) < 4.78 is 22.5. The Morgan fingerprint density at radius 1 is 1.17 bits per heavy atom. The number of nitriles is 1. The molecule has 0 saturated carbocycles. The smallest absolute Gasteiger partial charge is 0.224 e. The Morgan fingerprint density at radius 3 is 2.33 bits per heavy atom. The van der Waals surface area contributed by atoms with Crippen LogP contribution in [0.5, 0.6) is 0 Å². The molecule has 18 heavy (non-hydrogen) atoms. The molecule has 0 radical (unpaired) electrons. The molecule has 0 unspecified atom stereocenters. The molecule has 0 aliphatic heterocycles. The monoisotopic (exact) mass is 278 g/mol. The van der Waals surface area contributed by atoms with Crippen LogP contribution in [-0.4, -0.2) is 8.42 Å². The van der Waals surface area contributed by atoms with E-state index in [1.165, 1.54) is 6.07 Å². The van der Waals surface area contributed by atoms with Crippen LogP contribution in [0.25, 0.3) is 10.4 Å². The summed E-state index contributed by atoms with van der Waals surface area (Å²) in [5, 5.41) is 13.6. The van der Waals surface area contributed by atoms with E-state index >= 15 is 0 Å². The van der Waals surface area contributed by atoms with E-state index in [-0.39, 0.29) is 4.21 Å². The maximum Gasteiger partial charge on any atom is 0.247 e. The third-order valence-corrected chi connectivity index (χ3v) is 4.96. The van der Waals surface area contributed by atoms with Crippen molar-refractivity contribution in [2.45, 2.75) is 10.6 Å². The highest BCUT2D eigenvalue weighted by atomic mass is 32.2. The lowest BCUT2D eigenvalue weighted by Crippen LogP contribution is -2.09. The van der Waals surface area contributed by atoms with E-state index in [0.717, 1.165) is 27.3 Å². The normalized spacial score (nSPS) is 11.1. The Hall–Kier alpha value is -1.68. The summed E-state index contributed by atoms with van der Waals surface area (Å²) in [6.45, 7) is 0. The van der Waals surface area contributed by atoms with Gasteiger partial charge >= 0.3 is 0 Å². The van der Waals surface area contributed by atoms with Crippen LogP contribution in [0.4, 0.5) is 0 Å². The molecule has 0 fully saturated rings. The van der Waals surface area contributed by atoms with Gasteiger partial charge in [-0.3, -0.25) is 0 Å². The maximum absolute atomic E-state index is 11.2. The quantitative estimate of drug-likeness (QED) is 0.933. The Kier molecular flexibility index (Phi) is 3.48. The summed E-state index contributed by atoms with van der Waals surface area (Å²) in [6, 6.07) is 12.7. The summed E-state index contributed by atoms with van der Waals surface area (Å²) in [7, 11) is -3.63. The second-order valence-electron chi connectivity index (χ2n) is 3.70. The maximum atomic E-state index is 11.2. The number of thiophene rings is 1. The number of hydrogen-bond donors (Lipinski definition) is 1. The van der Waals surface area contributed by atoms with Crippen LogP contribution in [-0.2, 0) is 16.4 Å². The number of benzene rings is 1. The first kappa shape index (κ1) is 12.8. The van der Waals surface area contributed by atoms with Gasteiger partial charge in [0.1, 0.15) is 4.21 Å². The minimum atomic E-state index is -3.63. The molecule has 0 aliphatic rings. The molecular formula is C12H10N2O2S2. The largest absolute Gasteiger partial charge is 0.247 e. The van der Waals surface area contributed by atoms with Gasteiger partial charge in [-0.05, 0) is 23.3 Å². The molecule has 4 nitrogen and oxygen atoms in total. The van der Waals surface area contributed by atoms with Crippen molar-refractivity contribution < 1.29 is 8.42 Å². The fraction of sp³-hybridized carbons (Fsp3) is 0.0833. The Morgan fingerprint density at radius 2 is 1.83 bits per heavy atom. The summed E-state index contributed by atoms with van der Waals surface area (Å²) in [6.07, 6.45) is 0.368.